The Morgan fingerprint density at radius 1 is 0.750 bits per heavy atom. The van der Waals surface area contributed by atoms with Crippen molar-refractivity contribution in [2.24, 2.45) is 0 Å². The Bertz CT molecular complexity index is 2060. The van der Waals surface area contributed by atoms with E-state index < -0.39 is 16.0 Å². The number of carbonyl (C=O) groups is 1. The molecular weight excluding hydrogens is 642 g/mol. The van der Waals surface area contributed by atoms with Crippen molar-refractivity contribution in [2.75, 3.05) is 6.54 Å². The van der Waals surface area contributed by atoms with E-state index >= 15 is 0 Å². The van der Waals surface area contributed by atoms with E-state index in [-0.39, 0.29) is 23.9 Å². The molecule has 0 saturated carbocycles. The zero-order chi connectivity index (χ0) is 33.5. The predicted molar refractivity (Wildman–Crippen MR) is 192 cm³/mol. The third kappa shape index (κ3) is 7.86. The number of hydrogen-bond acceptors (Lipinski definition) is 4. The van der Waals surface area contributed by atoms with Crippen LogP contribution in [0.1, 0.15) is 49.9 Å². The average Bonchev–Trinajstić information content (AvgIpc) is 3.37. The number of halogens is 1. The summed E-state index contributed by atoms with van der Waals surface area (Å²) in [7, 11) is -3.59. The Hall–Kier alpha value is -4.73. The Morgan fingerprint density at radius 2 is 1.35 bits per heavy atom. The molecule has 9 heteroatoms. The molecule has 48 heavy (non-hydrogen) atoms. The molecule has 3 N–H and O–H groups in total. The number of aromatic nitrogens is 1. The number of sulfonamides is 1. The third-order valence-electron chi connectivity index (χ3n) is 8.39. The Morgan fingerprint density at radius 3 is 1.96 bits per heavy atom. The van der Waals surface area contributed by atoms with Gasteiger partial charge in [-0.3, -0.25) is 0 Å². The first-order valence-corrected chi connectivity index (χ1v) is 17.8. The number of nitrogens with one attached hydrogen (secondary N) is 2. The van der Waals surface area contributed by atoms with Crippen molar-refractivity contribution >= 4 is 38.5 Å². The molecule has 0 radical (unpaired) electrons. The van der Waals surface area contributed by atoms with E-state index in [2.05, 4.69) is 38.9 Å². The van der Waals surface area contributed by atoms with Crippen LogP contribution in [0.5, 0.6) is 0 Å². The lowest BCUT2D eigenvalue weighted by molar-refractivity contribution is 0.0697. The van der Waals surface area contributed by atoms with Crippen LogP contribution in [0.2, 0.25) is 5.02 Å². The highest BCUT2D eigenvalue weighted by atomic mass is 35.5. The molecule has 0 aliphatic rings. The molecule has 0 spiro atoms. The number of nitrogens with zero attached hydrogens (tertiary/aromatic N) is 1. The van der Waals surface area contributed by atoms with Crippen molar-refractivity contribution < 1.29 is 18.3 Å². The van der Waals surface area contributed by atoms with Crippen LogP contribution in [0, 0.1) is 0 Å². The molecule has 0 fully saturated rings. The summed E-state index contributed by atoms with van der Waals surface area (Å²) < 4.78 is 31.5. The third-order valence-corrected chi connectivity index (χ3v) is 9.98. The van der Waals surface area contributed by atoms with Gasteiger partial charge in [0.15, 0.2) is 0 Å². The second-order valence-corrected chi connectivity index (χ2v) is 13.9. The molecule has 0 aliphatic carbocycles. The highest BCUT2D eigenvalue weighted by Crippen LogP contribution is 2.37. The number of fused-ring (bicyclic) bond motifs is 1. The van der Waals surface area contributed by atoms with Gasteiger partial charge in [0.2, 0.25) is 10.0 Å². The summed E-state index contributed by atoms with van der Waals surface area (Å²) >= 11 is 6.61. The first-order chi connectivity index (χ1) is 23.3. The Balaban J connectivity index is 1.40. The topological polar surface area (TPSA) is 100 Å². The molecule has 0 aliphatic heterocycles. The molecule has 6 aromatic rings. The largest absolute Gasteiger partial charge is 0.478 e. The molecule has 0 unspecified atom stereocenters. The molecule has 5 aromatic carbocycles. The summed E-state index contributed by atoms with van der Waals surface area (Å²) in [5.74, 6) is -1.06. The van der Waals surface area contributed by atoms with Crippen LogP contribution in [-0.4, -0.2) is 30.6 Å². The van der Waals surface area contributed by atoms with E-state index in [1.807, 2.05) is 84.9 Å². The SMILES string of the molecule is O=C(O)c1ccc(CNCc2c(CCNS(=O)(=O)Cc3ccccc3)n(C(c3ccccc3)c3ccccc3)c3ccc(Cl)cc23)cc1. The van der Waals surface area contributed by atoms with Gasteiger partial charge in [-0.05, 0) is 58.1 Å². The maximum absolute atomic E-state index is 13.2. The van der Waals surface area contributed by atoms with Crippen molar-refractivity contribution in [3.63, 3.8) is 0 Å². The lowest BCUT2D eigenvalue weighted by atomic mass is 9.97. The van der Waals surface area contributed by atoms with Crippen LogP contribution in [0.25, 0.3) is 10.9 Å². The normalized spacial score (nSPS) is 11.7. The minimum absolute atomic E-state index is 0.0990. The fourth-order valence-corrected chi connectivity index (χ4v) is 7.52. The second kappa shape index (κ2) is 15.0. The number of aromatic carboxylic acids is 1. The predicted octanol–water partition coefficient (Wildman–Crippen LogP) is 7.58. The number of rotatable bonds is 14. The van der Waals surface area contributed by atoms with Gasteiger partial charge < -0.3 is 15.0 Å². The van der Waals surface area contributed by atoms with Gasteiger partial charge >= 0.3 is 5.97 Å². The number of carboxylic acids is 1. The van der Waals surface area contributed by atoms with Gasteiger partial charge in [-0.1, -0.05) is 115 Å². The first-order valence-electron chi connectivity index (χ1n) is 15.7. The van der Waals surface area contributed by atoms with Crippen molar-refractivity contribution in [1.82, 2.24) is 14.6 Å². The van der Waals surface area contributed by atoms with Gasteiger partial charge in [0.25, 0.3) is 0 Å². The van der Waals surface area contributed by atoms with E-state index in [0.29, 0.717) is 24.5 Å². The van der Waals surface area contributed by atoms with E-state index in [1.165, 1.54) is 0 Å². The molecule has 244 valence electrons. The molecule has 7 nitrogen and oxygen atoms in total. The van der Waals surface area contributed by atoms with Gasteiger partial charge in [-0.25, -0.2) is 17.9 Å². The summed E-state index contributed by atoms with van der Waals surface area (Å²) in [5.41, 5.74) is 7.10. The smallest absolute Gasteiger partial charge is 0.335 e. The number of benzene rings is 5. The van der Waals surface area contributed by atoms with Crippen molar-refractivity contribution in [3.8, 4) is 0 Å². The van der Waals surface area contributed by atoms with E-state index in [1.54, 1.807) is 24.3 Å². The van der Waals surface area contributed by atoms with Crippen molar-refractivity contribution in [3.05, 3.63) is 178 Å². The van der Waals surface area contributed by atoms with Gasteiger partial charge in [0, 0.05) is 47.7 Å². The summed E-state index contributed by atoms with van der Waals surface area (Å²) in [6, 6.07) is 42.3. The van der Waals surface area contributed by atoms with Gasteiger partial charge in [-0.2, -0.15) is 0 Å². The van der Waals surface area contributed by atoms with E-state index in [0.717, 1.165) is 44.4 Å². The van der Waals surface area contributed by atoms with Crippen molar-refractivity contribution in [1.29, 1.82) is 0 Å². The van der Waals surface area contributed by atoms with Gasteiger partial charge in [-0.15, -0.1) is 0 Å². The highest BCUT2D eigenvalue weighted by molar-refractivity contribution is 7.88. The van der Waals surface area contributed by atoms with Crippen LogP contribution in [0.4, 0.5) is 0 Å². The molecule has 0 bridgehead atoms. The van der Waals surface area contributed by atoms with E-state index in [4.69, 9.17) is 11.6 Å². The fourth-order valence-electron chi connectivity index (χ4n) is 6.20. The van der Waals surface area contributed by atoms with E-state index in [9.17, 15) is 18.3 Å². The average molecular weight is 678 g/mol. The number of hydrogen-bond donors (Lipinski definition) is 3. The molecule has 1 aromatic heterocycles. The van der Waals surface area contributed by atoms with Crippen molar-refractivity contribution in [2.45, 2.75) is 31.3 Å². The van der Waals surface area contributed by atoms with Gasteiger partial charge in [0.05, 0.1) is 17.4 Å². The number of carboxylic acid groups (broad SMARTS) is 1. The quantitative estimate of drug-likeness (QED) is 0.110. The van der Waals surface area contributed by atoms with Gasteiger partial charge in [0.1, 0.15) is 0 Å². The summed E-state index contributed by atoms with van der Waals surface area (Å²) in [4.78, 5) is 11.3. The summed E-state index contributed by atoms with van der Waals surface area (Å²) in [5, 5.41) is 14.4. The monoisotopic (exact) mass is 677 g/mol. The highest BCUT2D eigenvalue weighted by Gasteiger charge is 2.26. The molecule has 0 saturated heterocycles. The molecule has 0 atom stereocenters. The standard InChI is InChI=1S/C39H36ClN3O4S/c40-33-20-21-36-34(24-33)35(26-41-25-28-16-18-32(19-17-28)39(44)45)37(22-23-42-48(46,47)27-29-10-4-1-5-11-29)43(36)38(30-12-6-2-7-13-30)31-14-8-3-9-15-31/h1-21,24,38,41-42H,22-23,25-27H2,(H,44,45). The molecule has 6 rings (SSSR count). The minimum Gasteiger partial charge on any atom is -0.478 e. The Labute approximate surface area is 285 Å². The molecule has 0 amide bonds. The molecular formula is C39H36ClN3O4S. The zero-order valence-electron chi connectivity index (χ0n) is 26.2. The summed E-state index contributed by atoms with van der Waals surface area (Å²) in [6.45, 7) is 1.20. The maximum atomic E-state index is 13.2. The second-order valence-electron chi connectivity index (χ2n) is 11.7. The van der Waals surface area contributed by atoms with Crippen LogP contribution in [-0.2, 0) is 35.3 Å². The lowest BCUT2D eigenvalue weighted by Gasteiger charge is -2.25. The minimum atomic E-state index is -3.59. The molecule has 1 heterocycles. The van der Waals surface area contributed by atoms with Crippen LogP contribution in [0.15, 0.2) is 133 Å². The maximum Gasteiger partial charge on any atom is 0.335 e. The zero-order valence-corrected chi connectivity index (χ0v) is 27.8. The Kier molecular flexibility index (Phi) is 10.4. The van der Waals surface area contributed by atoms with Crippen LogP contribution < -0.4 is 10.0 Å². The van der Waals surface area contributed by atoms with Crippen LogP contribution in [0.3, 0.4) is 0 Å². The summed E-state index contributed by atoms with van der Waals surface area (Å²) in [6.07, 6.45) is 0.431. The first kappa shape index (κ1) is 33.2. The lowest BCUT2D eigenvalue weighted by Crippen LogP contribution is -2.28. The van der Waals surface area contributed by atoms with Crippen LogP contribution >= 0.6 is 11.6 Å². The fraction of sp³-hybridized carbons (Fsp3) is 0.154.